The van der Waals surface area contributed by atoms with Crippen LogP contribution < -0.4 is 0 Å². The van der Waals surface area contributed by atoms with Crippen molar-refractivity contribution in [3.05, 3.63) is 35.9 Å². The summed E-state index contributed by atoms with van der Waals surface area (Å²) in [5.74, 6) is -3.24. The predicted octanol–water partition coefficient (Wildman–Crippen LogP) is 1.75. The monoisotopic (exact) mass is 222 g/mol. The fourth-order valence-electron chi connectivity index (χ4n) is 1.59. The van der Waals surface area contributed by atoms with E-state index < -0.39 is 23.3 Å². The number of carboxylic acids is 2. The van der Waals surface area contributed by atoms with Gasteiger partial charge in [0.25, 0.3) is 0 Å². The van der Waals surface area contributed by atoms with Gasteiger partial charge in [-0.15, -0.1) is 0 Å². The van der Waals surface area contributed by atoms with Crippen LogP contribution in [-0.2, 0) is 15.0 Å². The Hall–Kier alpha value is -1.84. The van der Waals surface area contributed by atoms with E-state index in [0.717, 1.165) is 0 Å². The second kappa shape index (κ2) is 4.35. The molecule has 0 saturated heterocycles. The van der Waals surface area contributed by atoms with Crippen molar-refractivity contribution < 1.29 is 19.8 Å². The number of carbonyl (C=O) groups is 2. The zero-order valence-electron chi connectivity index (χ0n) is 9.18. The lowest BCUT2D eigenvalue weighted by Gasteiger charge is -2.29. The molecule has 4 nitrogen and oxygen atoms in total. The molecule has 2 atom stereocenters. The van der Waals surface area contributed by atoms with Gasteiger partial charge in [-0.2, -0.15) is 0 Å². The molecule has 0 fully saturated rings. The van der Waals surface area contributed by atoms with Gasteiger partial charge >= 0.3 is 11.9 Å². The highest BCUT2D eigenvalue weighted by atomic mass is 16.4. The van der Waals surface area contributed by atoms with Crippen LogP contribution in [0.1, 0.15) is 19.4 Å². The van der Waals surface area contributed by atoms with Gasteiger partial charge in [0, 0.05) is 0 Å². The number of carboxylic acid groups (broad SMARTS) is 2. The number of aliphatic carboxylic acids is 2. The molecule has 0 spiro atoms. The van der Waals surface area contributed by atoms with Gasteiger partial charge in [-0.25, -0.2) is 0 Å². The smallest absolute Gasteiger partial charge is 0.314 e. The summed E-state index contributed by atoms with van der Waals surface area (Å²) in [6.45, 7) is 2.84. The van der Waals surface area contributed by atoms with E-state index in [4.69, 9.17) is 5.11 Å². The second-order valence-electron chi connectivity index (χ2n) is 3.93. The van der Waals surface area contributed by atoms with Gasteiger partial charge in [-0.05, 0) is 12.5 Å². The van der Waals surface area contributed by atoms with E-state index in [-0.39, 0.29) is 0 Å². The van der Waals surface area contributed by atoms with Crippen molar-refractivity contribution >= 4 is 11.9 Å². The Kier molecular flexibility index (Phi) is 3.32. The molecule has 0 aromatic heterocycles. The molecule has 0 aliphatic carbocycles. The maximum atomic E-state index is 11.3. The van der Waals surface area contributed by atoms with Gasteiger partial charge in [0.15, 0.2) is 0 Å². The topological polar surface area (TPSA) is 74.6 Å². The van der Waals surface area contributed by atoms with Crippen LogP contribution in [0.2, 0.25) is 0 Å². The van der Waals surface area contributed by atoms with Crippen LogP contribution >= 0.6 is 0 Å². The summed E-state index contributed by atoms with van der Waals surface area (Å²) in [5.41, 5.74) is -0.912. The highest BCUT2D eigenvalue weighted by Crippen LogP contribution is 2.32. The largest absolute Gasteiger partial charge is 0.481 e. The first-order chi connectivity index (χ1) is 7.40. The molecule has 2 unspecified atom stereocenters. The minimum Gasteiger partial charge on any atom is -0.481 e. The van der Waals surface area contributed by atoms with Crippen LogP contribution in [0.4, 0.5) is 0 Å². The minimum atomic E-state index is -1.41. The third kappa shape index (κ3) is 1.91. The quantitative estimate of drug-likeness (QED) is 0.813. The summed E-state index contributed by atoms with van der Waals surface area (Å²) >= 11 is 0. The van der Waals surface area contributed by atoms with Gasteiger partial charge in [-0.3, -0.25) is 9.59 Å². The van der Waals surface area contributed by atoms with Gasteiger partial charge in [0.05, 0.1) is 5.92 Å². The normalized spacial score (nSPS) is 16.1. The summed E-state index contributed by atoms with van der Waals surface area (Å²) in [6, 6.07) is 8.43. The lowest BCUT2D eigenvalue weighted by atomic mass is 9.72. The maximum absolute atomic E-state index is 11.3. The first kappa shape index (κ1) is 12.2. The van der Waals surface area contributed by atoms with E-state index in [2.05, 4.69) is 0 Å². The van der Waals surface area contributed by atoms with Crippen LogP contribution in [0.5, 0.6) is 0 Å². The van der Waals surface area contributed by atoms with Crippen LogP contribution in [0.25, 0.3) is 0 Å². The zero-order chi connectivity index (χ0) is 12.3. The van der Waals surface area contributed by atoms with E-state index in [1.54, 1.807) is 30.3 Å². The van der Waals surface area contributed by atoms with Crippen LogP contribution in [0, 0.1) is 5.92 Å². The lowest BCUT2D eigenvalue weighted by Crippen LogP contribution is -2.42. The molecular formula is C12H14O4. The van der Waals surface area contributed by atoms with Gasteiger partial charge in [0.2, 0.25) is 0 Å². The van der Waals surface area contributed by atoms with Crippen LogP contribution in [0.15, 0.2) is 30.3 Å². The van der Waals surface area contributed by atoms with E-state index in [9.17, 15) is 14.7 Å². The Labute approximate surface area is 93.5 Å². The van der Waals surface area contributed by atoms with Crippen LogP contribution in [0.3, 0.4) is 0 Å². The Bertz CT molecular complexity index is 399. The second-order valence-corrected chi connectivity index (χ2v) is 3.93. The summed E-state index contributed by atoms with van der Waals surface area (Å²) in [4.78, 5) is 22.3. The van der Waals surface area contributed by atoms with Gasteiger partial charge in [0.1, 0.15) is 5.41 Å². The Morgan fingerprint density at radius 2 is 1.69 bits per heavy atom. The third-order valence-corrected chi connectivity index (χ3v) is 3.05. The Morgan fingerprint density at radius 3 is 2.06 bits per heavy atom. The molecule has 2 N–H and O–H groups in total. The molecule has 0 heterocycles. The first-order valence-electron chi connectivity index (χ1n) is 4.92. The number of rotatable bonds is 4. The molecule has 1 rings (SSSR count). The van der Waals surface area contributed by atoms with Crippen LogP contribution in [-0.4, -0.2) is 22.2 Å². The Morgan fingerprint density at radius 1 is 1.19 bits per heavy atom. The zero-order valence-corrected chi connectivity index (χ0v) is 9.18. The molecule has 0 amide bonds. The van der Waals surface area contributed by atoms with E-state index in [0.29, 0.717) is 5.56 Å². The van der Waals surface area contributed by atoms with Crippen molar-refractivity contribution in [3.63, 3.8) is 0 Å². The molecule has 0 aliphatic rings. The molecular weight excluding hydrogens is 208 g/mol. The SMILES string of the molecule is CC(C(=O)O)C(C)(C(=O)O)c1ccccc1. The van der Waals surface area contributed by atoms with Crippen molar-refractivity contribution in [2.45, 2.75) is 19.3 Å². The van der Waals surface area contributed by atoms with E-state index in [1.165, 1.54) is 13.8 Å². The lowest BCUT2D eigenvalue weighted by molar-refractivity contribution is -0.154. The third-order valence-electron chi connectivity index (χ3n) is 3.05. The number of hydrogen-bond donors (Lipinski definition) is 2. The highest BCUT2D eigenvalue weighted by molar-refractivity contribution is 5.88. The van der Waals surface area contributed by atoms with Crippen molar-refractivity contribution in [2.75, 3.05) is 0 Å². The Balaban J connectivity index is 3.28. The highest BCUT2D eigenvalue weighted by Gasteiger charge is 2.44. The minimum absolute atomic E-state index is 0.498. The summed E-state index contributed by atoms with van der Waals surface area (Å²) in [7, 11) is 0. The van der Waals surface area contributed by atoms with Gasteiger partial charge < -0.3 is 10.2 Å². The molecule has 1 aromatic rings. The van der Waals surface area contributed by atoms with Crippen molar-refractivity contribution in [1.29, 1.82) is 0 Å². The molecule has 1 aromatic carbocycles. The summed E-state index contributed by atoms with van der Waals surface area (Å²) in [6.07, 6.45) is 0. The molecule has 0 radical (unpaired) electrons. The van der Waals surface area contributed by atoms with Crippen molar-refractivity contribution in [1.82, 2.24) is 0 Å². The fourth-order valence-corrected chi connectivity index (χ4v) is 1.59. The fraction of sp³-hybridized carbons (Fsp3) is 0.333. The number of hydrogen-bond acceptors (Lipinski definition) is 2. The predicted molar refractivity (Wildman–Crippen MR) is 58.2 cm³/mol. The van der Waals surface area contributed by atoms with Crippen molar-refractivity contribution in [2.24, 2.45) is 5.92 Å². The molecule has 0 saturated carbocycles. The summed E-state index contributed by atoms with van der Waals surface area (Å²) < 4.78 is 0. The molecule has 0 aliphatic heterocycles. The first-order valence-corrected chi connectivity index (χ1v) is 4.92. The molecule has 86 valence electrons. The van der Waals surface area contributed by atoms with Crippen molar-refractivity contribution in [3.8, 4) is 0 Å². The number of benzene rings is 1. The molecule has 4 heteroatoms. The van der Waals surface area contributed by atoms with E-state index >= 15 is 0 Å². The average molecular weight is 222 g/mol. The average Bonchev–Trinajstić information content (AvgIpc) is 2.27. The summed E-state index contributed by atoms with van der Waals surface area (Å²) in [5, 5.41) is 18.2. The van der Waals surface area contributed by atoms with Gasteiger partial charge in [-0.1, -0.05) is 37.3 Å². The van der Waals surface area contributed by atoms with E-state index in [1.807, 2.05) is 0 Å². The molecule has 0 bridgehead atoms. The standard InChI is InChI=1S/C12H14O4/c1-8(10(13)14)12(2,11(15)16)9-6-4-3-5-7-9/h3-8H,1-2H3,(H,13,14)(H,15,16). The molecule has 16 heavy (non-hydrogen) atoms. The maximum Gasteiger partial charge on any atom is 0.314 e.